The number of carbonyl (C=O) groups is 3. The summed E-state index contributed by atoms with van der Waals surface area (Å²) < 4.78 is 0. The van der Waals surface area contributed by atoms with Gasteiger partial charge in [-0.25, -0.2) is 0 Å². The predicted molar refractivity (Wildman–Crippen MR) is 68.8 cm³/mol. The standard InChI is InChI=1S/C13H21N3O3/c1-7-6-8(14)2-3-9(7)12(18)15-10-4-5-11(17)16-13(10)19/h7-10H,2-6,14H2,1H3,(H,15,18)(H,16,17,19). The molecule has 19 heavy (non-hydrogen) atoms. The number of nitrogens with two attached hydrogens (primary N) is 1. The number of hydrogen-bond donors (Lipinski definition) is 3. The Bertz CT molecular complexity index is 397. The van der Waals surface area contributed by atoms with Crippen LogP contribution in [0, 0.1) is 11.8 Å². The van der Waals surface area contributed by atoms with Crippen LogP contribution < -0.4 is 16.4 Å². The lowest BCUT2D eigenvalue weighted by Crippen LogP contribution is -2.54. The van der Waals surface area contributed by atoms with Crippen LogP contribution in [0.25, 0.3) is 0 Å². The Balaban J connectivity index is 1.90. The van der Waals surface area contributed by atoms with E-state index in [1.165, 1.54) is 0 Å². The molecule has 0 aromatic carbocycles. The van der Waals surface area contributed by atoms with Crippen molar-refractivity contribution in [2.75, 3.05) is 0 Å². The lowest BCUT2D eigenvalue weighted by atomic mass is 9.77. The van der Waals surface area contributed by atoms with Gasteiger partial charge in [-0.1, -0.05) is 6.92 Å². The summed E-state index contributed by atoms with van der Waals surface area (Å²) in [6, 6.07) is -0.400. The summed E-state index contributed by atoms with van der Waals surface area (Å²) in [7, 11) is 0. The minimum absolute atomic E-state index is 0.0785. The highest BCUT2D eigenvalue weighted by Crippen LogP contribution is 2.29. The third-order valence-corrected chi connectivity index (χ3v) is 4.10. The molecule has 0 radical (unpaired) electrons. The Morgan fingerprint density at radius 1 is 1.32 bits per heavy atom. The van der Waals surface area contributed by atoms with Gasteiger partial charge in [0.25, 0.3) is 0 Å². The van der Waals surface area contributed by atoms with Crippen LogP contribution >= 0.6 is 0 Å². The van der Waals surface area contributed by atoms with Crippen LogP contribution in [-0.4, -0.2) is 29.8 Å². The SMILES string of the molecule is CC1CC(N)CCC1C(=O)NC1CCC(=O)NC1=O. The van der Waals surface area contributed by atoms with Crippen LogP contribution in [0.2, 0.25) is 0 Å². The fourth-order valence-electron chi connectivity index (χ4n) is 2.94. The first-order valence-corrected chi connectivity index (χ1v) is 6.87. The van der Waals surface area contributed by atoms with Crippen LogP contribution in [-0.2, 0) is 14.4 Å². The highest BCUT2D eigenvalue weighted by Gasteiger charge is 2.34. The number of imide groups is 1. The molecule has 0 aromatic heterocycles. The average molecular weight is 267 g/mol. The molecular formula is C13H21N3O3. The first-order chi connectivity index (χ1) is 8.97. The van der Waals surface area contributed by atoms with E-state index in [9.17, 15) is 14.4 Å². The van der Waals surface area contributed by atoms with Gasteiger partial charge >= 0.3 is 0 Å². The van der Waals surface area contributed by atoms with Crippen LogP contribution in [0.4, 0.5) is 0 Å². The molecule has 4 atom stereocenters. The molecule has 0 spiro atoms. The monoisotopic (exact) mass is 267 g/mol. The number of amides is 3. The van der Waals surface area contributed by atoms with Gasteiger partial charge in [-0.2, -0.15) is 0 Å². The second-order valence-electron chi connectivity index (χ2n) is 5.67. The molecule has 1 aliphatic heterocycles. The largest absolute Gasteiger partial charge is 0.344 e. The molecule has 4 N–H and O–H groups in total. The van der Waals surface area contributed by atoms with Gasteiger partial charge in [0.15, 0.2) is 0 Å². The highest BCUT2D eigenvalue weighted by molar-refractivity contribution is 6.01. The Hall–Kier alpha value is -1.43. The Kier molecular flexibility index (Phi) is 4.19. The number of hydrogen-bond acceptors (Lipinski definition) is 4. The molecule has 2 rings (SSSR count). The summed E-state index contributed by atoms with van der Waals surface area (Å²) in [5.41, 5.74) is 5.88. The molecule has 1 heterocycles. The Morgan fingerprint density at radius 3 is 2.68 bits per heavy atom. The third kappa shape index (κ3) is 3.32. The first kappa shape index (κ1) is 14.0. The minimum Gasteiger partial charge on any atom is -0.344 e. The molecule has 0 bridgehead atoms. The van der Waals surface area contributed by atoms with E-state index in [-0.39, 0.29) is 36.1 Å². The van der Waals surface area contributed by atoms with Crippen molar-refractivity contribution in [1.82, 2.24) is 10.6 Å². The number of rotatable bonds is 2. The smallest absolute Gasteiger partial charge is 0.249 e. The highest BCUT2D eigenvalue weighted by atomic mass is 16.2. The zero-order valence-corrected chi connectivity index (χ0v) is 11.1. The predicted octanol–water partition coefficient (Wildman–Crippen LogP) is -0.329. The Morgan fingerprint density at radius 2 is 2.05 bits per heavy atom. The third-order valence-electron chi connectivity index (χ3n) is 4.10. The van der Waals surface area contributed by atoms with Gasteiger partial charge in [0.1, 0.15) is 6.04 Å². The van der Waals surface area contributed by atoms with Crippen molar-refractivity contribution in [3.8, 4) is 0 Å². The molecule has 6 nitrogen and oxygen atoms in total. The topological polar surface area (TPSA) is 101 Å². The van der Waals surface area contributed by atoms with E-state index in [1.807, 2.05) is 6.92 Å². The summed E-state index contributed by atoms with van der Waals surface area (Å²) in [5.74, 6) is -0.603. The lowest BCUT2D eigenvalue weighted by molar-refractivity contribution is -0.138. The van der Waals surface area contributed by atoms with Crippen molar-refractivity contribution in [1.29, 1.82) is 0 Å². The number of carbonyl (C=O) groups excluding carboxylic acids is 3. The molecule has 1 aliphatic carbocycles. The molecular weight excluding hydrogens is 246 g/mol. The van der Waals surface area contributed by atoms with E-state index in [1.54, 1.807) is 0 Å². The second-order valence-corrected chi connectivity index (χ2v) is 5.67. The summed E-state index contributed by atoms with van der Waals surface area (Å²) in [4.78, 5) is 34.8. The van der Waals surface area contributed by atoms with Crippen LogP contribution in [0.15, 0.2) is 0 Å². The van der Waals surface area contributed by atoms with E-state index in [0.29, 0.717) is 6.42 Å². The molecule has 4 unspecified atom stereocenters. The quantitative estimate of drug-likeness (QED) is 0.596. The van der Waals surface area contributed by atoms with Crippen molar-refractivity contribution in [2.24, 2.45) is 17.6 Å². The Labute approximate surface area is 112 Å². The molecule has 6 heteroatoms. The molecule has 1 saturated heterocycles. The van der Waals surface area contributed by atoms with E-state index in [2.05, 4.69) is 10.6 Å². The fraction of sp³-hybridized carbons (Fsp3) is 0.769. The van der Waals surface area contributed by atoms with Crippen LogP contribution in [0.3, 0.4) is 0 Å². The second kappa shape index (κ2) is 5.69. The lowest BCUT2D eigenvalue weighted by Gasteiger charge is -2.32. The zero-order valence-electron chi connectivity index (χ0n) is 11.1. The summed E-state index contributed by atoms with van der Waals surface area (Å²) in [5, 5.41) is 5.00. The summed E-state index contributed by atoms with van der Waals surface area (Å²) in [6.45, 7) is 2.02. The molecule has 0 aromatic rings. The van der Waals surface area contributed by atoms with Crippen molar-refractivity contribution >= 4 is 17.7 Å². The maximum Gasteiger partial charge on any atom is 0.249 e. The van der Waals surface area contributed by atoms with Gasteiger partial charge in [0.05, 0.1) is 0 Å². The molecule has 2 fully saturated rings. The summed E-state index contributed by atoms with van der Waals surface area (Å²) in [6.07, 6.45) is 3.12. The van der Waals surface area contributed by atoms with E-state index in [0.717, 1.165) is 19.3 Å². The maximum atomic E-state index is 12.2. The van der Waals surface area contributed by atoms with E-state index in [4.69, 9.17) is 5.73 Å². The fourth-order valence-corrected chi connectivity index (χ4v) is 2.94. The van der Waals surface area contributed by atoms with Gasteiger partial charge < -0.3 is 11.1 Å². The first-order valence-electron chi connectivity index (χ1n) is 6.87. The van der Waals surface area contributed by atoms with Crippen molar-refractivity contribution in [3.05, 3.63) is 0 Å². The maximum absolute atomic E-state index is 12.2. The van der Waals surface area contributed by atoms with Gasteiger partial charge in [-0.3, -0.25) is 19.7 Å². The molecule has 106 valence electrons. The van der Waals surface area contributed by atoms with Gasteiger partial charge in [0, 0.05) is 18.4 Å². The zero-order chi connectivity index (χ0) is 14.0. The summed E-state index contributed by atoms with van der Waals surface area (Å²) >= 11 is 0. The molecule has 3 amide bonds. The number of piperidine rings is 1. The number of nitrogens with one attached hydrogen (secondary N) is 2. The van der Waals surface area contributed by atoms with Gasteiger partial charge in [-0.05, 0) is 31.6 Å². The van der Waals surface area contributed by atoms with Crippen LogP contribution in [0.5, 0.6) is 0 Å². The van der Waals surface area contributed by atoms with Crippen LogP contribution in [0.1, 0.15) is 39.0 Å². The van der Waals surface area contributed by atoms with Crippen molar-refractivity contribution in [2.45, 2.75) is 51.1 Å². The normalized spacial score (nSPS) is 35.7. The van der Waals surface area contributed by atoms with Crippen molar-refractivity contribution in [3.63, 3.8) is 0 Å². The van der Waals surface area contributed by atoms with E-state index < -0.39 is 11.9 Å². The molecule has 2 aliphatic rings. The van der Waals surface area contributed by atoms with Gasteiger partial charge in [-0.15, -0.1) is 0 Å². The van der Waals surface area contributed by atoms with Crippen molar-refractivity contribution < 1.29 is 14.4 Å². The molecule has 1 saturated carbocycles. The van der Waals surface area contributed by atoms with E-state index >= 15 is 0 Å². The average Bonchev–Trinajstić information content (AvgIpc) is 2.32. The van der Waals surface area contributed by atoms with Gasteiger partial charge in [0.2, 0.25) is 17.7 Å². The minimum atomic E-state index is -0.576.